The number of nitrogens with zero attached hydrogens (tertiary/aromatic N) is 1. The molecule has 4 rings (SSSR count). The Morgan fingerprint density at radius 1 is 1.05 bits per heavy atom. The Labute approximate surface area is 130 Å². The number of rotatable bonds is 0. The van der Waals surface area contributed by atoms with Gasteiger partial charge in [0.05, 0.1) is 11.4 Å². The van der Waals surface area contributed by atoms with Crippen molar-refractivity contribution in [2.45, 2.75) is 16.2 Å². The summed E-state index contributed by atoms with van der Waals surface area (Å²) in [5.74, 6) is 0.165. The topological polar surface area (TPSA) is 20.3 Å². The summed E-state index contributed by atoms with van der Waals surface area (Å²) in [6.45, 7) is 0.704. The predicted molar refractivity (Wildman–Crippen MR) is 83.0 cm³/mol. The molecule has 20 heavy (non-hydrogen) atoms. The van der Waals surface area contributed by atoms with Crippen molar-refractivity contribution in [1.82, 2.24) is 0 Å². The summed E-state index contributed by atoms with van der Waals surface area (Å²) in [4.78, 5) is 16.5. The molecule has 0 spiro atoms. The highest BCUT2D eigenvalue weighted by Gasteiger charge is 2.32. The van der Waals surface area contributed by atoms with Crippen LogP contribution in [-0.4, -0.2) is 12.3 Å². The summed E-state index contributed by atoms with van der Waals surface area (Å²) in [5.41, 5.74) is 2.83. The van der Waals surface area contributed by atoms with Crippen LogP contribution >= 0.6 is 35.0 Å². The largest absolute Gasteiger partial charge is 0.339 e. The molecule has 100 valence electrons. The fourth-order valence-electron chi connectivity index (χ4n) is 2.75. The molecule has 0 atom stereocenters. The van der Waals surface area contributed by atoms with Gasteiger partial charge in [-0.15, -0.1) is 0 Å². The maximum atomic E-state index is 12.1. The molecule has 2 aromatic carbocycles. The first-order valence-corrected chi connectivity index (χ1v) is 7.82. The predicted octanol–water partition coefficient (Wildman–Crippen LogP) is 5.18. The van der Waals surface area contributed by atoms with Gasteiger partial charge in [-0.3, -0.25) is 4.79 Å². The zero-order valence-corrected chi connectivity index (χ0v) is 12.6. The Morgan fingerprint density at radius 2 is 1.85 bits per heavy atom. The summed E-state index contributed by atoms with van der Waals surface area (Å²) < 4.78 is 0. The minimum Gasteiger partial charge on any atom is -0.339 e. The van der Waals surface area contributed by atoms with E-state index < -0.39 is 0 Å². The number of fused-ring (bicyclic) bond motifs is 2. The second kappa shape index (κ2) is 4.42. The molecule has 0 unspecified atom stereocenters. The van der Waals surface area contributed by atoms with Crippen LogP contribution in [0.25, 0.3) is 0 Å². The van der Waals surface area contributed by atoms with Gasteiger partial charge < -0.3 is 4.90 Å². The van der Waals surface area contributed by atoms with Gasteiger partial charge in [-0.05, 0) is 30.3 Å². The van der Waals surface area contributed by atoms with E-state index in [0.717, 1.165) is 31.8 Å². The van der Waals surface area contributed by atoms with Crippen molar-refractivity contribution < 1.29 is 4.79 Å². The Kier molecular flexibility index (Phi) is 2.78. The molecule has 0 saturated heterocycles. The highest BCUT2D eigenvalue weighted by Crippen LogP contribution is 2.52. The molecule has 0 fully saturated rings. The van der Waals surface area contributed by atoms with Gasteiger partial charge in [-0.25, -0.2) is 0 Å². The summed E-state index contributed by atoms with van der Waals surface area (Å²) in [7, 11) is 0. The highest BCUT2D eigenvalue weighted by atomic mass is 35.5. The highest BCUT2D eigenvalue weighted by molar-refractivity contribution is 7.99. The Hall–Kier alpha value is -1.16. The van der Waals surface area contributed by atoms with Crippen LogP contribution in [0.15, 0.2) is 40.1 Å². The number of halogens is 2. The zero-order valence-electron chi connectivity index (χ0n) is 10.3. The molecular formula is C15H9Cl2NOS. The van der Waals surface area contributed by atoms with Crippen LogP contribution in [0.3, 0.4) is 0 Å². The first-order valence-electron chi connectivity index (χ1n) is 6.25. The first kappa shape index (κ1) is 12.6. The summed E-state index contributed by atoms with van der Waals surface area (Å²) in [5, 5.41) is 1.32. The minimum atomic E-state index is 0.165. The van der Waals surface area contributed by atoms with Crippen molar-refractivity contribution in [2.75, 3.05) is 11.4 Å². The molecule has 2 aliphatic heterocycles. The molecule has 2 aliphatic rings. The van der Waals surface area contributed by atoms with Gasteiger partial charge in [0, 0.05) is 38.4 Å². The third-order valence-corrected chi connectivity index (χ3v) is 5.14. The molecule has 0 saturated carbocycles. The number of benzene rings is 2. The lowest BCUT2D eigenvalue weighted by Gasteiger charge is -2.37. The van der Waals surface area contributed by atoms with E-state index in [1.54, 1.807) is 17.8 Å². The average Bonchev–Trinajstić information content (AvgIpc) is 2.41. The quantitative estimate of drug-likeness (QED) is 0.666. The third-order valence-electron chi connectivity index (χ3n) is 3.61. The molecule has 5 heteroatoms. The maximum Gasteiger partial charge on any atom is 0.166 e. The second-order valence-corrected chi connectivity index (χ2v) is 6.80. The van der Waals surface area contributed by atoms with E-state index in [4.69, 9.17) is 23.2 Å². The Balaban J connectivity index is 2.00. The van der Waals surface area contributed by atoms with Crippen molar-refractivity contribution >= 4 is 52.1 Å². The van der Waals surface area contributed by atoms with Crippen LogP contribution < -0.4 is 4.90 Å². The molecule has 2 nitrogen and oxygen atoms in total. The van der Waals surface area contributed by atoms with Crippen LogP contribution in [0.5, 0.6) is 0 Å². The molecule has 0 amide bonds. The molecule has 2 heterocycles. The van der Waals surface area contributed by atoms with Crippen LogP contribution in [0.2, 0.25) is 10.0 Å². The van der Waals surface area contributed by atoms with E-state index in [1.165, 1.54) is 0 Å². The van der Waals surface area contributed by atoms with Gasteiger partial charge >= 0.3 is 0 Å². The number of carbonyl (C=O) groups is 1. The number of hydrogen-bond acceptors (Lipinski definition) is 3. The fourth-order valence-corrected chi connectivity index (χ4v) is 4.48. The van der Waals surface area contributed by atoms with Crippen molar-refractivity contribution in [2.24, 2.45) is 0 Å². The van der Waals surface area contributed by atoms with E-state index in [2.05, 4.69) is 4.90 Å². The van der Waals surface area contributed by atoms with E-state index in [1.807, 2.05) is 24.3 Å². The fraction of sp³-hybridized carbons (Fsp3) is 0.133. The van der Waals surface area contributed by atoms with Crippen molar-refractivity contribution in [1.29, 1.82) is 0 Å². The van der Waals surface area contributed by atoms with Gasteiger partial charge in [-0.1, -0.05) is 35.0 Å². The normalized spacial score (nSPS) is 15.9. The lowest BCUT2D eigenvalue weighted by atomic mass is 9.99. The van der Waals surface area contributed by atoms with Gasteiger partial charge in [0.15, 0.2) is 5.78 Å². The molecule has 0 N–H and O–H groups in total. The summed E-state index contributed by atoms with van der Waals surface area (Å²) in [6, 6.07) is 9.55. The van der Waals surface area contributed by atoms with Crippen molar-refractivity contribution in [3.63, 3.8) is 0 Å². The maximum absolute atomic E-state index is 12.1. The van der Waals surface area contributed by atoms with Crippen LogP contribution in [-0.2, 0) is 0 Å². The average molecular weight is 322 g/mol. The number of hydrogen-bond donors (Lipinski definition) is 0. The minimum absolute atomic E-state index is 0.165. The molecule has 0 bridgehead atoms. The zero-order chi connectivity index (χ0) is 13.9. The Bertz CT molecular complexity index is 760. The van der Waals surface area contributed by atoms with Crippen molar-refractivity contribution in [3.05, 3.63) is 45.9 Å². The van der Waals surface area contributed by atoms with E-state index in [-0.39, 0.29) is 5.78 Å². The molecule has 0 aliphatic carbocycles. The standard InChI is InChI=1S/C15H9Cl2NOS/c16-8-1-2-11-13(6-8)20-14-7-9(17)5-10-12(19)3-4-18(11)15(10)14/h1-2,5-7H,3-4H2. The van der Waals surface area contributed by atoms with Gasteiger partial charge in [-0.2, -0.15) is 0 Å². The number of anilines is 2. The molecule has 0 radical (unpaired) electrons. The SMILES string of the molecule is O=C1CCN2c3ccc(Cl)cc3Sc3cc(Cl)cc1c32. The third kappa shape index (κ3) is 1.77. The lowest BCUT2D eigenvalue weighted by molar-refractivity contribution is 0.0981. The molecule has 2 aromatic rings. The smallest absolute Gasteiger partial charge is 0.166 e. The number of Topliss-reactive ketones (excluding diaryl/α,β-unsaturated/α-hetero) is 1. The van der Waals surface area contributed by atoms with Crippen LogP contribution in [0.1, 0.15) is 16.8 Å². The summed E-state index contributed by atoms with van der Waals surface area (Å²) in [6.07, 6.45) is 0.513. The molecule has 0 aromatic heterocycles. The number of carbonyl (C=O) groups excluding carboxylic acids is 1. The van der Waals surface area contributed by atoms with Crippen LogP contribution in [0.4, 0.5) is 11.4 Å². The monoisotopic (exact) mass is 321 g/mol. The van der Waals surface area contributed by atoms with Crippen molar-refractivity contribution in [3.8, 4) is 0 Å². The lowest BCUT2D eigenvalue weighted by Crippen LogP contribution is -2.30. The van der Waals surface area contributed by atoms with Gasteiger partial charge in [0.1, 0.15) is 0 Å². The Morgan fingerprint density at radius 3 is 2.70 bits per heavy atom. The first-order chi connectivity index (χ1) is 9.63. The molecular weight excluding hydrogens is 313 g/mol. The van der Waals surface area contributed by atoms with E-state index >= 15 is 0 Å². The summed E-state index contributed by atoms with van der Waals surface area (Å²) >= 11 is 13.8. The second-order valence-electron chi connectivity index (χ2n) is 4.84. The van der Waals surface area contributed by atoms with Crippen LogP contribution in [0, 0.1) is 0 Å². The van der Waals surface area contributed by atoms with Gasteiger partial charge in [0.2, 0.25) is 0 Å². The van der Waals surface area contributed by atoms with Gasteiger partial charge in [0.25, 0.3) is 0 Å². The van der Waals surface area contributed by atoms with E-state index in [0.29, 0.717) is 18.0 Å². The number of ketones is 1. The van der Waals surface area contributed by atoms with E-state index in [9.17, 15) is 4.79 Å².